The lowest BCUT2D eigenvalue weighted by Gasteiger charge is -2.04. The molecule has 1 heterocycles. The number of nitro groups is 1. The minimum atomic E-state index is -0.500. The number of non-ortho nitro benzene ring substituents is 1. The van der Waals surface area contributed by atoms with E-state index in [1.807, 2.05) is 6.92 Å². The van der Waals surface area contributed by atoms with Gasteiger partial charge in [-0.2, -0.15) is 5.10 Å². The van der Waals surface area contributed by atoms with Gasteiger partial charge in [-0.05, 0) is 53.5 Å². The van der Waals surface area contributed by atoms with Gasteiger partial charge in [0, 0.05) is 22.3 Å². The van der Waals surface area contributed by atoms with Crippen LogP contribution in [0, 0.1) is 10.1 Å². The molecule has 0 aliphatic carbocycles. The smallest absolute Gasteiger partial charge is 0.280 e. The van der Waals surface area contributed by atoms with Gasteiger partial charge in [-0.15, -0.1) is 0 Å². The van der Waals surface area contributed by atoms with E-state index in [9.17, 15) is 19.7 Å². The van der Waals surface area contributed by atoms with Crippen molar-refractivity contribution in [1.82, 2.24) is 15.2 Å². The van der Waals surface area contributed by atoms with Crippen LogP contribution in [0.5, 0.6) is 0 Å². The Balaban J connectivity index is 1.95. The first-order valence-electron chi connectivity index (χ1n) is 9.51. The third kappa shape index (κ3) is 4.80. The number of nitro benzene ring substituents is 1. The Morgan fingerprint density at radius 1 is 1.23 bits per heavy atom. The molecule has 3 aromatic rings. The highest BCUT2D eigenvalue weighted by Gasteiger charge is 2.18. The van der Waals surface area contributed by atoms with Gasteiger partial charge in [0.2, 0.25) is 0 Å². The standard InChI is InChI=1S/C21H20BrN5O4/c1-3-6-18-19(13(2)23-24-20(28)16-7-4-5-8-17(16)22)21(29)26(25-18)14-9-11-15(12-10-14)27(30)31/h4-5,7-12,25H,3,6H2,1-2H3,(H,24,28). The quantitative estimate of drug-likeness (QED) is 0.298. The zero-order valence-corrected chi connectivity index (χ0v) is 18.5. The van der Waals surface area contributed by atoms with Gasteiger partial charge in [0.05, 0.1) is 27.4 Å². The number of carbonyl (C=O) groups is 1. The second-order valence-electron chi connectivity index (χ2n) is 6.75. The molecule has 2 N–H and O–H groups in total. The number of carbonyl (C=O) groups excluding carboxylic acids is 1. The second kappa shape index (κ2) is 9.52. The van der Waals surface area contributed by atoms with Crippen LogP contribution in [-0.4, -0.2) is 26.3 Å². The zero-order valence-electron chi connectivity index (χ0n) is 16.9. The van der Waals surface area contributed by atoms with Crippen LogP contribution in [0.1, 0.15) is 41.9 Å². The molecule has 1 aromatic heterocycles. The first-order chi connectivity index (χ1) is 14.8. The third-order valence-electron chi connectivity index (χ3n) is 4.59. The van der Waals surface area contributed by atoms with Crippen molar-refractivity contribution >= 4 is 33.2 Å². The maximum atomic E-state index is 13.1. The number of amides is 1. The van der Waals surface area contributed by atoms with Gasteiger partial charge in [0.15, 0.2) is 0 Å². The van der Waals surface area contributed by atoms with E-state index in [2.05, 4.69) is 31.6 Å². The summed E-state index contributed by atoms with van der Waals surface area (Å²) < 4.78 is 1.95. The van der Waals surface area contributed by atoms with Gasteiger partial charge >= 0.3 is 0 Å². The highest BCUT2D eigenvalue weighted by atomic mass is 79.9. The van der Waals surface area contributed by atoms with Crippen LogP contribution in [0.2, 0.25) is 0 Å². The van der Waals surface area contributed by atoms with Crippen LogP contribution in [-0.2, 0) is 6.42 Å². The SMILES string of the molecule is CCCc1[nH]n(-c2ccc([N+](=O)[O-])cc2)c(=O)c1C(C)=NNC(=O)c1ccccc1Br. The van der Waals surface area contributed by atoms with E-state index in [4.69, 9.17) is 0 Å². The Morgan fingerprint density at radius 2 is 1.90 bits per heavy atom. The summed E-state index contributed by atoms with van der Waals surface area (Å²) >= 11 is 3.33. The number of aromatic amines is 1. The minimum absolute atomic E-state index is 0.0649. The molecule has 0 fully saturated rings. The predicted molar refractivity (Wildman–Crippen MR) is 121 cm³/mol. The van der Waals surface area contributed by atoms with Crippen molar-refractivity contribution in [3.05, 3.63) is 90.3 Å². The molecule has 0 radical (unpaired) electrons. The molecule has 31 heavy (non-hydrogen) atoms. The first-order valence-corrected chi connectivity index (χ1v) is 10.3. The molecule has 0 aliphatic heterocycles. The molecule has 9 nitrogen and oxygen atoms in total. The van der Waals surface area contributed by atoms with Crippen molar-refractivity contribution in [1.29, 1.82) is 0 Å². The highest BCUT2D eigenvalue weighted by Crippen LogP contribution is 2.17. The lowest BCUT2D eigenvalue weighted by molar-refractivity contribution is -0.384. The lowest BCUT2D eigenvalue weighted by atomic mass is 10.1. The van der Waals surface area contributed by atoms with E-state index in [0.29, 0.717) is 39.1 Å². The van der Waals surface area contributed by atoms with Gasteiger partial charge in [-0.25, -0.2) is 10.1 Å². The van der Waals surface area contributed by atoms with E-state index in [-0.39, 0.29) is 11.2 Å². The van der Waals surface area contributed by atoms with Crippen molar-refractivity contribution < 1.29 is 9.72 Å². The number of hydrazone groups is 1. The highest BCUT2D eigenvalue weighted by molar-refractivity contribution is 9.10. The minimum Gasteiger partial charge on any atom is -0.294 e. The molecule has 0 bridgehead atoms. The Labute approximate surface area is 186 Å². The Bertz CT molecular complexity index is 1210. The molecule has 160 valence electrons. The Hall–Kier alpha value is -3.53. The van der Waals surface area contributed by atoms with Crippen LogP contribution in [0.3, 0.4) is 0 Å². The molecule has 10 heteroatoms. The molecule has 3 rings (SSSR count). The molecular weight excluding hydrogens is 466 g/mol. The Morgan fingerprint density at radius 3 is 2.52 bits per heavy atom. The second-order valence-corrected chi connectivity index (χ2v) is 7.60. The van der Waals surface area contributed by atoms with Crippen LogP contribution >= 0.6 is 15.9 Å². The summed E-state index contributed by atoms with van der Waals surface area (Å²) in [6.07, 6.45) is 1.37. The van der Waals surface area contributed by atoms with Crippen LogP contribution < -0.4 is 11.0 Å². The van der Waals surface area contributed by atoms with Crippen molar-refractivity contribution in [3.8, 4) is 5.69 Å². The van der Waals surface area contributed by atoms with Crippen molar-refractivity contribution in [3.63, 3.8) is 0 Å². The van der Waals surface area contributed by atoms with Gasteiger partial charge in [0.25, 0.3) is 17.2 Å². The zero-order chi connectivity index (χ0) is 22.5. The third-order valence-corrected chi connectivity index (χ3v) is 5.28. The van der Waals surface area contributed by atoms with Crippen LogP contribution in [0.25, 0.3) is 5.69 Å². The van der Waals surface area contributed by atoms with E-state index in [1.54, 1.807) is 31.2 Å². The number of hydrogen-bond donors (Lipinski definition) is 2. The fraction of sp³-hybridized carbons (Fsp3) is 0.190. The summed E-state index contributed by atoms with van der Waals surface area (Å²) in [4.78, 5) is 35.9. The van der Waals surface area contributed by atoms with Crippen molar-refractivity contribution in [2.45, 2.75) is 26.7 Å². The molecule has 0 saturated heterocycles. The summed E-state index contributed by atoms with van der Waals surface area (Å²) in [6.45, 7) is 3.62. The number of aryl methyl sites for hydroxylation is 1. The predicted octanol–water partition coefficient (Wildman–Crippen LogP) is 3.94. The number of aromatic nitrogens is 2. The molecule has 0 unspecified atom stereocenters. The van der Waals surface area contributed by atoms with Crippen LogP contribution in [0.15, 0.2) is 62.9 Å². The number of benzene rings is 2. The summed E-state index contributed by atoms with van der Waals surface area (Å²) in [6, 6.07) is 12.6. The van der Waals surface area contributed by atoms with Gasteiger partial charge < -0.3 is 0 Å². The normalized spacial score (nSPS) is 11.4. The maximum Gasteiger partial charge on any atom is 0.280 e. The number of nitrogens with one attached hydrogen (secondary N) is 2. The fourth-order valence-corrected chi connectivity index (χ4v) is 3.55. The van der Waals surface area contributed by atoms with Gasteiger partial charge in [-0.3, -0.25) is 24.8 Å². The van der Waals surface area contributed by atoms with Crippen LogP contribution in [0.4, 0.5) is 5.69 Å². The maximum absolute atomic E-state index is 13.1. The van der Waals surface area contributed by atoms with E-state index in [1.165, 1.54) is 28.9 Å². The number of rotatable bonds is 7. The molecule has 0 atom stereocenters. The summed E-state index contributed by atoms with van der Waals surface area (Å²) in [5.74, 6) is -0.407. The number of H-pyrrole nitrogens is 1. The average molecular weight is 486 g/mol. The average Bonchev–Trinajstić information content (AvgIpc) is 3.08. The molecular formula is C21H20BrN5O4. The molecule has 0 spiro atoms. The topological polar surface area (TPSA) is 122 Å². The van der Waals surface area contributed by atoms with E-state index < -0.39 is 10.8 Å². The number of nitrogens with zero attached hydrogens (tertiary/aromatic N) is 3. The summed E-state index contributed by atoms with van der Waals surface area (Å²) in [5, 5.41) is 18.1. The number of halogens is 1. The largest absolute Gasteiger partial charge is 0.294 e. The monoisotopic (exact) mass is 485 g/mol. The summed E-state index contributed by atoms with van der Waals surface area (Å²) in [7, 11) is 0. The van der Waals surface area contributed by atoms with E-state index in [0.717, 1.165) is 6.42 Å². The molecule has 0 saturated carbocycles. The van der Waals surface area contributed by atoms with Crippen molar-refractivity contribution in [2.75, 3.05) is 0 Å². The van der Waals surface area contributed by atoms with E-state index >= 15 is 0 Å². The van der Waals surface area contributed by atoms with Gasteiger partial charge in [-0.1, -0.05) is 25.5 Å². The summed E-state index contributed by atoms with van der Waals surface area (Å²) in [5.41, 5.74) is 4.33. The number of hydrogen-bond acceptors (Lipinski definition) is 5. The molecule has 2 aromatic carbocycles. The van der Waals surface area contributed by atoms with Gasteiger partial charge in [0.1, 0.15) is 0 Å². The fourth-order valence-electron chi connectivity index (χ4n) is 3.09. The first kappa shape index (κ1) is 22.2. The molecule has 1 amide bonds. The lowest BCUT2D eigenvalue weighted by Crippen LogP contribution is -2.23. The Kier molecular flexibility index (Phi) is 6.81. The molecule has 0 aliphatic rings. The van der Waals surface area contributed by atoms with Crippen molar-refractivity contribution in [2.24, 2.45) is 5.10 Å².